The number of rotatable bonds is 4. The van der Waals surface area contributed by atoms with Gasteiger partial charge in [0, 0.05) is 5.02 Å². The maximum atomic E-state index is 13.9. The maximum absolute atomic E-state index is 13.9. The third-order valence-electron chi connectivity index (χ3n) is 3.30. The van der Waals surface area contributed by atoms with Crippen molar-refractivity contribution in [3.63, 3.8) is 0 Å². The number of nitrogens with one attached hydrogen (secondary N) is 1. The van der Waals surface area contributed by atoms with Gasteiger partial charge in [-0.25, -0.2) is 4.39 Å². The molecule has 0 spiro atoms. The van der Waals surface area contributed by atoms with Crippen molar-refractivity contribution in [1.82, 2.24) is 5.32 Å². The summed E-state index contributed by atoms with van der Waals surface area (Å²) in [6.07, 6.45) is 0.636. The predicted molar refractivity (Wildman–Crippen MR) is 87.8 cm³/mol. The summed E-state index contributed by atoms with van der Waals surface area (Å²) in [7, 11) is 0. The number of hydrogen-bond acceptors (Lipinski definition) is 2. The molecule has 1 amide bonds. The topological polar surface area (TPSA) is 55.1 Å². The lowest BCUT2D eigenvalue weighted by molar-refractivity contribution is 0.0931. The van der Waals surface area contributed by atoms with Crippen LogP contribution in [0.25, 0.3) is 0 Å². The molecule has 0 radical (unpaired) electrons. The second-order valence-electron chi connectivity index (χ2n) is 4.84. The molecule has 0 aliphatic heterocycles. The van der Waals surface area contributed by atoms with Gasteiger partial charge in [0.1, 0.15) is 5.82 Å². The molecule has 6 heteroatoms. The van der Waals surface area contributed by atoms with Crippen LogP contribution in [0.3, 0.4) is 0 Å². The molecule has 22 heavy (non-hydrogen) atoms. The Morgan fingerprint density at radius 3 is 2.68 bits per heavy atom. The molecule has 2 rings (SSSR count). The molecule has 116 valence electrons. The number of anilines is 1. The average molecular weight is 341 g/mol. The van der Waals surface area contributed by atoms with Crippen LogP contribution < -0.4 is 11.1 Å². The van der Waals surface area contributed by atoms with Crippen molar-refractivity contribution in [3.05, 3.63) is 63.4 Å². The molecule has 0 aliphatic rings. The lowest BCUT2D eigenvalue weighted by Gasteiger charge is -2.18. The Morgan fingerprint density at radius 1 is 1.32 bits per heavy atom. The molecule has 3 N–H and O–H groups in total. The first kappa shape index (κ1) is 16.6. The van der Waals surface area contributed by atoms with Crippen LogP contribution in [0.5, 0.6) is 0 Å². The van der Waals surface area contributed by atoms with Crippen LogP contribution in [-0.2, 0) is 0 Å². The molecule has 0 saturated carbocycles. The van der Waals surface area contributed by atoms with Crippen molar-refractivity contribution < 1.29 is 9.18 Å². The van der Waals surface area contributed by atoms with Crippen molar-refractivity contribution >= 4 is 34.8 Å². The Hall–Kier alpha value is -1.78. The first-order valence-corrected chi connectivity index (χ1v) is 7.48. The van der Waals surface area contributed by atoms with Gasteiger partial charge in [0.15, 0.2) is 0 Å². The minimum absolute atomic E-state index is 0.0796. The number of hydrogen-bond donors (Lipinski definition) is 2. The number of halogens is 3. The smallest absolute Gasteiger partial charge is 0.254 e. The minimum Gasteiger partial charge on any atom is -0.397 e. The van der Waals surface area contributed by atoms with E-state index in [-0.39, 0.29) is 22.3 Å². The van der Waals surface area contributed by atoms with Crippen molar-refractivity contribution in [1.29, 1.82) is 0 Å². The van der Waals surface area contributed by atoms with E-state index in [2.05, 4.69) is 5.32 Å². The second kappa shape index (κ2) is 6.99. The third-order valence-corrected chi connectivity index (χ3v) is 3.86. The summed E-state index contributed by atoms with van der Waals surface area (Å²) < 4.78 is 13.9. The van der Waals surface area contributed by atoms with Crippen LogP contribution in [-0.4, -0.2) is 5.91 Å². The van der Waals surface area contributed by atoms with E-state index in [4.69, 9.17) is 28.9 Å². The summed E-state index contributed by atoms with van der Waals surface area (Å²) >= 11 is 11.7. The summed E-state index contributed by atoms with van der Waals surface area (Å²) in [6.45, 7) is 1.92. The molecule has 1 atom stereocenters. The molecule has 0 bridgehead atoms. The number of nitrogens with two attached hydrogens (primary N) is 1. The van der Waals surface area contributed by atoms with Crippen molar-refractivity contribution in [2.24, 2.45) is 0 Å². The Balaban J connectivity index is 2.25. The van der Waals surface area contributed by atoms with Gasteiger partial charge in [0.05, 0.1) is 22.3 Å². The fourth-order valence-corrected chi connectivity index (χ4v) is 2.47. The number of carbonyl (C=O) groups is 1. The molecule has 2 aromatic rings. The van der Waals surface area contributed by atoms with Gasteiger partial charge in [-0.15, -0.1) is 0 Å². The molecule has 2 aromatic carbocycles. The zero-order valence-corrected chi connectivity index (χ0v) is 13.4. The van der Waals surface area contributed by atoms with Crippen LogP contribution in [0.4, 0.5) is 10.1 Å². The number of nitrogen functional groups attached to an aromatic ring is 1. The standard InChI is InChI=1S/C16H15Cl2FN2O/c1-2-15(9-4-3-5-10(17)6-9)21-16(22)11-7-14(20)12(18)8-13(11)19/h3-8,15H,2,20H2,1H3,(H,21,22). The van der Waals surface area contributed by atoms with E-state index in [0.29, 0.717) is 11.4 Å². The van der Waals surface area contributed by atoms with Gasteiger partial charge in [0.2, 0.25) is 0 Å². The van der Waals surface area contributed by atoms with E-state index in [1.165, 1.54) is 6.07 Å². The van der Waals surface area contributed by atoms with E-state index in [0.717, 1.165) is 11.6 Å². The summed E-state index contributed by atoms with van der Waals surface area (Å²) in [4.78, 5) is 12.3. The first-order valence-electron chi connectivity index (χ1n) is 6.73. The van der Waals surface area contributed by atoms with E-state index >= 15 is 0 Å². The molecular weight excluding hydrogens is 326 g/mol. The zero-order valence-electron chi connectivity index (χ0n) is 11.9. The van der Waals surface area contributed by atoms with Crippen LogP contribution in [0.1, 0.15) is 35.3 Å². The quantitative estimate of drug-likeness (QED) is 0.799. The number of carbonyl (C=O) groups excluding carboxylic acids is 1. The van der Waals surface area contributed by atoms with E-state index < -0.39 is 11.7 Å². The van der Waals surface area contributed by atoms with Gasteiger partial charge in [-0.05, 0) is 36.2 Å². The van der Waals surface area contributed by atoms with Gasteiger partial charge >= 0.3 is 0 Å². The van der Waals surface area contributed by atoms with Crippen LogP contribution >= 0.6 is 23.2 Å². The third kappa shape index (κ3) is 3.70. The first-order chi connectivity index (χ1) is 10.4. The summed E-state index contributed by atoms with van der Waals surface area (Å²) in [5.41, 5.74) is 6.50. The molecule has 0 saturated heterocycles. The molecule has 0 aromatic heterocycles. The predicted octanol–water partition coefficient (Wildman–Crippen LogP) is 4.60. The fraction of sp³-hybridized carbons (Fsp3) is 0.188. The minimum atomic E-state index is -0.711. The Kier molecular flexibility index (Phi) is 5.27. The van der Waals surface area contributed by atoms with Gasteiger partial charge in [-0.2, -0.15) is 0 Å². The Labute approximate surface area is 138 Å². The highest BCUT2D eigenvalue weighted by molar-refractivity contribution is 6.33. The molecule has 0 heterocycles. The SMILES string of the molecule is CCC(NC(=O)c1cc(N)c(Cl)cc1F)c1cccc(Cl)c1. The molecular formula is C16H15Cl2FN2O. The van der Waals surface area contributed by atoms with Gasteiger partial charge in [-0.1, -0.05) is 42.3 Å². The fourth-order valence-electron chi connectivity index (χ4n) is 2.12. The van der Waals surface area contributed by atoms with Crippen LogP contribution in [0.2, 0.25) is 10.0 Å². The van der Waals surface area contributed by atoms with E-state index in [1.807, 2.05) is 13.0 Å². The lowest BCUT2D eigenvalue weighted by Crippen LogP contribution is -2.29. The lowest BCUT2D eigenvalue weighted by atomic mass is 10.0. The highest BCUT2D eigenvalue weighted by atomic mass is 35.5. The van der Waals surface area contributed by atoms with Crippen molar-refractivity contribution in [2.75, 3.05) is 5.73 Å². The molecule has 3 nitrogen and oxygen atoms in total. The second-order valence-corrected chi connectivity index (χ2v) is 5.69. The van der Waals surface area contributed by atoms with Gasteiger partial charge < -0.3 is 11.1 Å². The van der Waals surface area contributed by atoms with Crippen LogP contribution in [0.15, 0.2) is 36.4 Å². The highest BCUT2D eigenvalue weighted by Crippen LogP contribution is 2.24. The Morgan fingerprint density at radius 2 is 2.05 bits per heavy atom. The van der Waals surface area contributed by atoms with Crippen LogP contribution in [0, 0.1) is 5.82 Å². The number of amides is 1. The molecule has 0 aliphatic carbocycles. The van der Waals surface area contributed by atoms with E-state index in [9.17, 15) is 9.18 Å². The number of benzene rings is 2. The highest BCUT2D eigenvalue weighted by Gasteiger charge is 2.18. The monoisotopic (exact) mass is 340 g/mol. The summed E-state index contributed by atoms with van der Waals surface area (Å²) in [5.74, 6) is -1.26. The molecule has 1 unspecified atom stereocenters. The summed E-state index contributed by atoms with van der Waals surface area (Å²) in [5, 5.41) is 3.43. The zero-order chi connectivity index (χ0) is 16.3. The normalized spacial score (nSPS) is 12.0. The van der Waals surface area contributed by atoms with Crippen molar-refractivity contribution in [2.45, 2.75) is 19.4 Å². The van der Waals surface area contributed by atoms with E-state index in [1.54, 1.807) is 18.2 Å². The largest absolute Gasteiger partial charge is 0.397 e. The molecule has 0 fully saturated rings. The average Bonchev–Trinajstić information content (AvgIpc) is 2.48. The van der Waals surface area contributed by atoms with Crippen molar-refractivity contribution in [3.8, 4) is 0 Å². The Bertz CT molecular complexity index is 707. The maximum Gasteiger partial charge on any atom is 0.254 e. The summed E-state index contributed by atoms with van der Waals surface area (Å²) in [6, 6.07) is 9.16. The van der Waals surface area contributed by atoms with Gasteiger partial charge in [0.25, 0.3) is 5.91 Å². The van der Waals surface area contributed by atoms with Gasteiger partial charge in [-0.3, -0.25) is 4.79 Å².